The van der Waals surface area contributed by atoms with Crippen LogP contribution in [-0.4, -0.2) is 20.8 Å². The lowest BCUT2D eigenvalue weighted by Crippen LogP contribution is -2.19. The van der Waals surface area contributed by atoms with Gasteiger partial charge in [0.1, 0.15) is 12.7 Å². The highest BCUT2D eigenvalue weighted by molar-refractivity contribution is 5.42. The molecule has 0 amide bonds. The molecule has 0 saturated heterocycles. The Morgan fingerprint density at radius 2 is 2.16 bits per heavy atom. The molecule has 3 rings (SSSR count). The minimum Gasteiger partial charge on any atom is -0.223 e. The van der Waals surface area contributed by atoms with Crippen molar-refractivity contribution >= 4 is 6.08 Å². The van der Waals surface area contributed by atoms with Crippen LogP contribution in [-0.2, 0) is 10.3 Å². The van der Waals surface area contributed by atoms with Crippen molar-refractivity contribution in [3.05, 3.63) is 42.5 Å². The van der Waals surface area contributed by atoms with E-state index in [0.29, 0.717) is 0 Å². The number of carbonyl (C=O) groups excluding carboxylic acids is 1. The molecule has 5 heteroatoms. The van der Waals surface area contributed by atoms with Gasteiger partial charge in [-0.1, -0.05) is 25.0 Å². The standard InChI is InChI=1S/C14H14N4O/c19-11-16-14(6-1-2-7-14)12-4-3-5-13(8-12)18-10-15-9-17-18/h3-5,8-10H,1-2,6-7H2. The van der Waals surface area contributed by atoms with E-state index < -0.39 is 5.54 Å². The molecule has 1 aliphatic rings. The van der Waals surface area contributed by atoms with Gasteiger partial charge in [-0.3, -0.25) is 0 Å². The molecule has 0 atom stereocenters. The summed E-state index contributed by atoms with van der Waals surface area (Å²) >= 11 is 0. The Bertz CT molecular complexity index is 608. The number of rotatable bonds is 3. The number of nitrogens with zero attached hydrogens (tertiary/aromatic N) is 4. The largest absolute Gasteiger partial charge is 0.235 e. The Morgan fingerprint density at radius 3 is 2.84 bits per heavy atom. The van der Waals surface area contributed by atoms with Gasteiger partial charge in [0.15, 0.2) is 0 Å². The topological polar surface area (TPSA) is 60.1 Å². The smallest absolute Gasteiger partial charge is 0.223 e. The lowest BCUT2D eigenvalue weighted by Gasteiger charge is -2.23. The normalized spacial score (nSPS) is 17.1. The van der Waals surface area contributed by atoms with Crippen LogP contribution in [0.15, 0.2) is 41.9 Å². The third kappa shape index (κ3) is 2.09. The quantitative estimate of drug-likeness (QED) is 0.624. The summed E-state index contributed by atoms with van der Waals surface area (Å²) in [5, 5.41) is 4.12. The van der Waals surface area contributed by atoms with Crippen molar-refractivity contribution in [2.24, 2.45) is 4.99 Å². The van der Waals surface area contributed by atoms with Crippen LogP contribution in [0, 0.1) is 0 Å². The molecule has 1 saturated carbocycles. The van der Waals surface area contributed by atoms with Gasteiger partial charge in [-0.05, 0) is 30.5 Å². The first kappa shape index (κ1) is 11.8. The molecule has 0 unspecified atom stereocenters. The second-order valence-electron chi connectivity index (χ2n) is 4.83. The van der Waals surface area contributed by atoms with Crippen molar-refractivity contribution < 1.29 is 4.79 Å². The fourth-order valence-corrected chi connectivity index (χ4v) is 2.79. The lowest BCUT2D eigenvalue weighted by atomic mass is 9.89. The summed E-state index contributed by atoms with van der Waals surface area (Å²) in [6.45, 7) is 0. The molecule has 5 nitrogen and oxygen atoms in total. The molecule has 0 aliphatic heterocycles. The summed E-state index contributed by atoms with van der Waals surface area (Å²) in [5.74, 6) is 0. The fraction of sp³-hybridized carbons (Fsp3) is 0.357. The Balaban J connectivity index is 2.05. The summed E-state index contributed by atoms with van der Waals surface area (Å²) in [5.41, 5.74) is 1.60. The predicted molar refractivity (Wildman–Crippen MR) is 69.6 cm³/mol. The molecule has 1 heterocycles. The summed E-state index contributed by atoms with van der Waals surface area (Å²) in [6, 6.07) is 7.98. The minimum absolute atomic E-state index is 0.391. The van der Waals surface area contributed by atoms with Gasteiger partial charge < -0.3 is 0 Å². The molecule has 1 aromatic carbocycles. The zero-order chi connectivity index (χ0) is 13.1. The monoisotopic (exact) mass is 254 g/mol. The van der Waals surface area contributed by atoms with E-state index in [1.807, 2.05) is 24.3 Å². The molecule has 0 N–H and O–H groups in total. The van der Waals surface area contributed by atoms with Crippen LogP contribution in [0.2, 0.25) is 0 Å². The average Bonchev–Trinajstić information content (AvgIpc) is 3.11. The van der Waals surface area contributed by atoms with Gasteiger partial charge in [0.25, 0.3) is 0 Å². The van der Waals surface area contributed by atoms with Crippen LogP contribution < -0.4 is 0 Å². The minimum atomic E-state index is -0.391. The second kappa shape index (κ2) is 4.78. The Labute approximate surface area is 111 Å². The van der Waals surface area contributed by atoms with E-state index in [1.165, 1.54) is 6.33 Å². The summed E-state index contributed by atoms with van der Waals surface area (Å²) in [6.07, 6.45) is 8.90. The maximum absolute atomic E-state index is 10.7. The molecule has 96 valence electrons. The van der Waals surface area contributed by atoms with Crippen LogP contribution >= 0.6 is 0 Å². The third-order valence-corrected chi connectivity index (χ3v) is 3.76. The molecule has 0 bridgehead atoms. The summed E-state index contributed by atoms with van der Waals surface area (Å²) < 4.78 is 1.71. The van der Waals surface area contributed by atoms with Gasteiger partial charge in [0, 0.05) is 0 Å². The van der Waals surface area contributed by atoms with E-state index in [1.54, 1.807) is 17.1 Å². The fourth-order valence-electron chi connectivity index (χ4n) is 2.79. The molecular weight excluding hydrogens is 240 g/mol. The van der Waals surface area contributed by atoms with E-state index >= 15 is 0 Å². The Hall–Kier alpha value is -2.26. The maximum Gasteiger partial charge on any atom is 0.235 e. The van der Waals surface area contributed by atoms with Crippen molar-refractivity contribution in [3.8, 4) is 5.69 Å². The first-order valence-corrected chi connectivity index (χ1v) is 6.39. The van der Waals surface area contributed by atoms with E-state index in [2.05, 4.69) is 15.1 Å². The van der Waals surface area contributed by atoms with E-state index in [4.69, 9.17) is 0 Å². The van der Waals surface area contributed by atoms with Gasteiger partial charge in [0.2, 0.25) is 6.08 Å². The summed E-state index contributed by atoms with van der Waals surface area (Å²) in [7, 11) is 0. The lowest BCUT2D eigenvalue weighted by molar-refractivity contribution is 0.455. The SMILES string of the molecule is O=C=NC1(c2cccc(-n3cncn3)c2)CCCC1. The highest BCUT2D eigenvalue weighted by atomic mass is 16.1. The predicted octanol–water partition coefficient (Wildman–Crippen LogP) is 2.37. The van der Waals surface area contributed by atoms with Gasteiger partial charge in [-0.2, -0.15) is 10.1 Å². The third-order valence-electron chi connectivity index (χ3n) is 3.76. The molecule has 0 spiro atoms. The number of hydrogen-bond donors (Lipinski definition) is 0. The number of aliphatic imine (C=N–C) groups is 1. The van der Waals surface area contributed by atoms with Crippen LogP contribution in [0.5, 0.6) is 0 Å². The number of isocyanates is 1. The highest BCUT2D eigenvalue weighted by Gasteiger charge is 2.35. The van der Waals surface area contributed by atoms with Crippen molar-refractivity contribution in [3.63, 3.8) is 0 Å². The van der Waals surface area contributed by atoms with Gasteiger partial charge in [0.05, 0.1) is 11.2 Å². The van der Waals surface area contributed by atoms with Crippen molar-refractivity contribution in [1.82, 2.24) is 14.8 Å². The van der Waals surface area contributed by atoms with E-state index in [-0.39, 0.29) is 0 Å². The molecule has 19 heavy (non-hydrogen) atoms. The van der Waals surface area contributed by atoms with Gasteiger partial charge >= 0.3 is 0 Å². The molecule has 1 fully saturated rings. The van der Waals surface area contributed by atoms with Crippen LogP contribution in [0.25, 0.3) is 5.69 Å². The highest BCUT2D eigenvalue weighted by Crippen LogP contribution is 2.42. The van der Waals surface area contributed by atoms with Gasteiger partial charge in [-0.15, -0.1) is 0 Å². The molecule has 1 aliphatic carbocycles. The number of aromatic nitrogens is 3. The average molecular weight is 254 g/mol. The first-order chi connectivity index (χ1) is 9.34. The molecular formula is C14H14N4O. The Morgan fingerprint density at radius 1 is 1.32 bits per heavy atom. The zero-order valence-corrected chi connectivity index (χ0v) is 10.5. The second-order valence-corrected chi connectivity index (χ2v) is 4.83. The molecule has 2 aromatic rings. The maximum atomic E-state index is 10.7. The van der Waals surface area contributed by atoms with Crippen molar-refractivity contribution in [2.75, 3.05) is 0 Å². The van der Waals surface area contributed by atoms with Crippen LogP contribution in [0.4, 0.5) is 0 Å². The van der Waals surface area contributed by atoms with Crippen molar-refractivity contribution in [1.29, 1.82) is 0 Å². The van der Waals surface area contributed by atoms with Crippen molar-refractivity contribution in [2.45, 2.75) is 31.2 Å². The number of hydrogen-bond acceptors (Lipinski definition) is 4. The first-order valence-electron chi connectivity index (χ1n) is 6.39. The van der Waals surface area contributed by atoms with Crippen LogP contribution in [0.3, 0.4) is 0 Å². The Kier molecular flexibility index (Phi) is 2.97. The molecule has 0 radical (unpaired) electrons. The van der Waals surface area contributed by atoms with E-state index in [9.17, 15) is 4.79 Å². The van der Waals surface area contributed by atoms with E-state index in [0.717, 1.165) is 36.9 Å². The number of benzene rings is 1. The summed E-state index contributed by atoms with van der Waals surface area (Å²) in [4.78, 5) is 18.8. The zero-order valence-electron chi connectivity index (χ0n) is 10.5. The molecule has 1 aromatic heterocycles. The van der Waals surface area contributed by atoms with Gasteiger partial charge in [-0.25, -0.2) is 14.5 Å². The van der Waals surface area contributed by atoms with Crippen LogP contribution in [0.1, 0.15) is 31.2 Å².